The number of anilines is 1. The molecule has 190 valence electrons. The van der Waals surface area contributed by atoms with Gasteiger partial charge in [0.25, 0.3) is 5.91 Å². The number of fused-ring (bicyclic) bond motifs is 1. The quantitative estimate of drug-likeness (QED) is 0.192. The summed E-state index contributed by atoms with van der Waals surface area (Å²) in [5.74, 6) is -1.52. The summed E-state index contributed by atoms with van der Waals surface area (Å²) in [5, 5.41) is 16.3. The largest absolute Gasteiger partial charge is 0.478 e. The molecule has 0 unspecified atom stereocenters. The molecule has 2 N–H and O–H groups in total. The maximum absolute atomic E-state index is 13.0. The van der Waals surface area contributed by atoms with Gasteiger partial charge in [-0.1, -0.05) is 60.4 Å². The second-order valence-corrected chi connectivity index (χ2v) is 11.4. The molecule has 0 saturated carbocycles. The van der Waals surface area contributed by atoms with E-state index in [1.165, 1.54) is 39.6 Å². The van der Waals surface area contributed by atoms with E-state index in [1.807, 2.05) is 18.2 Å². The second-order valence-electron chi connectivity index (χ2n) is 8.77. The van der Waals surface area contributed by atoms with Crippen LogP contribution in [-0.4, -0.2) is 38.7 Å². The highest BCUT2D eigenvalue weighted by Crippen LogP contribution is 2.35. The lowest BCUT2D eigenvalue weighted by atomic mass is 10.0. The number of hydrogen-bond donors (Lipinski definition) is 2. The van der Waals surface area contributed by atoms with Gasteiger partial charge in [0, 0.05) is 23.5 Å². The van der Waals surface area contributed by atoms with Gasteiger partial charge in [-0.25, -0.2) is 4.79 Å². The molecule has 0 atom stereocenters. The second kappa shape index (κ2) is 10.9. The third-order valence-corrected chi connectivity index (χ3v) is 8.42. The molecule has 6 nitrogen and oxygen atoms in total. The topological polar surface area (TPSA) is 86.7 Å². The van der Waals surface area contributed by atoms with E-state index in [1.54, 1.807) is 24.3 Å². The summed E-state index contributed by atoms with van der Waals surface area (Å²) in [6.07, 6.45) is 1.91. The molecule has 2 heterocycles. The number of carboxylic acid groups (broad SMARTS) is 1. The van der Waals surface area contributed by atoms with Crippen molar-refractivity contribution in [3.63, 3.8) is 0 Å². The number of rotatable bonds is 7. The molecule has 1 aliphatic heterocycles. The molecule has 1 saturated heterocycles. The number of amides is 2. The van der Waals surface area contributed by atoms with Crippen LogP contribution >= 0.6 is 35.3 Å². The van der Waals surface area contributed by atoms with E-state index in [4.69, 9.17) is 17.3 Å². The molecule has 38 heavy (non-hydrogen) atoms. The number of nitrogens with one attached hydrogen (secondary N) is 1. The average Bonchev–Trinajstić information content (AvgIpc) is 3.47. The first-order chi connectivity index (χ1) is 18.3. The van der Waals surface area contributed by atoms with E-state index in [2.05, 4.69) is 47.1 Å². The van der Waals surface area contributed by atoms with Gasteiger partial charge < -0.3 is 10.4 Å². The molecule has 0 radical (unpaired) electrons. The average molecular weight is 559 g/mol. The number of carbonyl (C=O) groups excluding carboxylic acids is 2. The lowest BCUT2D eigenvalue weighted by Gasteiger charge is -2.14. The molecule has 1 fully saturated rings. The van der Waals surface area contributed by atoms with E-state index in [0.29, 0.717) is 20.5 Å². The molecule has 1 aromatic heterocycles. The highest BCUT2D eigenvalue weighted by atomic mass is 32.2. The number of nitrogens with zero attached hydrogens (tertiary/aromatic N) is 1. The number of aromatic carboxylic acids is 1. The lowest BCUT2D eigenvalue weighted by Crippen LogP contribution is -2.31. The molecular weight excluding hydrogens is 537 g/mol. The Morgan fingerprint density at radius 1 is 1.03 bits per heavy atom. The molecule has 0 aliphatic carbocycles. The van der Waals surface area contributed by atoms with Crippen LogP contribution in [0.2, 0.25) is 0 Å². The van der Waals surface area contributed by atoms with Gasteiger partial charge in [-0.3, -0.25) is 14.5 Å². The smallest absolute Gasteiger partial charge is 0.335 e. The van der Waals surface area contributed by atoms with Crippen molar-refractivity contribution in [1.82, 2.24) is 4.90 Å². The maximum atomic E-state index is 13.0. The van der Waals surface area contributed by atoms with Crippen molar-refractivity contribution in [2.24, 2.45) is 0 Å². The first kappa shape index (κ1) is 25.8. The zero-order valence-corrected chi connectivity index (χ0v) is 22.7. The number of carboxylic acids is 1. The van der Waals surface area contributed by atoms with Crippen LogP contribution < -0.4 is 5.32 Å². The van der Waals surface area contributed by atoms with Crippen LogP contribution in [0.5, 0.6) is 0 Å². The lowest BCUT2D eigenvalue weighted by molar-refractivity contribution is -0.122. The normalized spacial score (nSPS) is 14.4. The zero-order chi connectivity index (χ0) is 26.8. The summed E-state index contributed by atoms with van der Waals surface area (Å²) in [4.78, 5) is 39.6. The Hall–Kier alpha value is -3.79. The zero-order valence-electron chi connectivity index (χ0n) is 20.3. The monoisotopic (exact) mass is 558 g/mol. The van der Waals surface area contributed by atoms with Gasteiger partial charge >= 0.3 is 5.97 Å². The first-order valence-electron chi connectivity index (χ1n) is 11.8. The Balaban J connectivity index is 1.22. The van der Waals surface area contributed by atoms with Crippen LogP contribution in [-0.2, 0) is 9.59 Å². The van der Waals surface area contributed by atoms with Crippen molar-refractivity contribution >= 4 is 80.0 Å². The van der Waals surface area contributed by atoms with Gasteiger partial charge in [0.15, 0.2) is 0 Å². The Bertz CT molecular complexity index is 1640. The molecule has 4 aromatic rings. The molecule has 0 bridgehead atoms. The Labute approximate surface area is 233 Å². The van der Waals surface area contributed by atoms with Crippen LogP contribution in [0.4, 0.5) is 5.69 Å². The molecule has 3 aromatic carbocycles. The van der Waals surface area contributed by atoms with Crippen molar-refractivity contribution in [1.29, 1.82) is 0 Å². The number of aryl methyl sites for hydroxylation is 1. The molecule has 1 aliphatic rings. The van der Waals surface area contributed by atoms with E-state index in [9.17, 15) is 14.4 Å². The van der Waals surface area contributed by atoms with Crippen molar-refractivity contribution in [3.8, 4) is 11.1 Å². The van der Waals surface area contributed by atoms with E-state index in [-0.39, 0.29) is 30.3 Å². The minimum atomic E-state index is -1.03. The summed E-state index contributed by atoms with van der Waals surface area (Å²) < 4.78 is 0.419. The van der Waals surface area contributed by atoms with Crippen molar-refractivity contribution in [2.45, 2.75) is 13.3 Å². The molecule has 2 amide bonds. The number of hydrogen-bond acceptors (Lipinski definition) is 6. The highest BCUT2D eigenvalue weighted by Gasteiger charge is 2.32. The van der Waals surface area contributed by atoms with Crippen LogP contribution in [0.25, 0.3) is 28.0 Å². The van der Waals surface area contributed by atoms with E-state index < -0.39 is 5.97 Å². The standard InChI is InChI=1S/C29H22N2O4S3/c1-17-12-21(28(34)35)8-9-24(17)30-26(32)10-11-31-27(33)25(38-29(31)36)15-23-14-22(16-37-23)20-7-6-18-4-2-3-5-19(18)13-20/h2-9,12-16H,10-11H2,1H3,(H,30,32)(H,34,35)/b25-15-. The summed E-state index contributed by atoms with van der Waals surface area (Å²) in [7, 11) is 0. The van der Waals surface area contributed by atoms with E-state index in [0.717, 1.165) is 16.0 Å². The molecule has 9 heteroatoms. The van der Waals surface area contributed by atoms with Gasteiger partial charge in [-0.2, -0.15) is 0 Å². The van der Waals surface area contributed by atoms with Gasteiger partial charge in [0.2, 0.25) is 5.91 Å². The predicted molar refractivity (Wildman–Crippen MR) is 159 cm³/mol. The minimum absolute atomic E-state index is 0.0605. The number of carbonyl (C=O) groups is 3. The fourth-order valence-corrected chi connectivity index (χ4v) is 6.36. The third-order valence-electron chi connectivity index (χ3n) is 6.16. The van der Waals surface area contributed by atoms with Gasteiger partial charge in [-0.05, 0) is 76.2 Å². The number of thioether (sulfide) groups is 1. The fraction of sp³-hybridized carbons (Fsp3) is 0.103. The fourth-order valence-electron chi connectivity index (χ4n) is 4.13. The number of thiophene rings is 1. The predicted octanol–water partition coefficient (Wildman–Crippen LogP) is 6.80. The Morgan fingerprint density at radius 2 is 1.82 bits per heavy atom. The summed E-state index contributed by atoms with van der Waals surface area (Å²) >= 11 is 8.22. The van der Waals surface area contributed by atoms with Crippen molar-refractivity contribution in [3.05, 3.63) is 93.0 Å². The van der Waals surface area contributed by atoms with Gasteiger partial charge in [0.05, 0.1) is 10.5 Å². The number of thiocarbonyl (C=S) groups is 1. The van der Waals surface area contributed by atoms with E-state index >= 15 is 0 Å². The molecular formula is C29H22N2O4S3. The van der Waals surface area contributed by atoms with Crippen molar-refractivity contribution in [2.75, 3.05) is 11.9 Å². The Kier molecular flexibility index (Phi) is 7.42. The highest BCUT2D eigenvalue weighted by molar-refractivity contribution is 8.26. The van der Waals surface area contributed by atoms with Crippen molar-refractivity contribution < 1.29 is 19.5 Å². The number of benzene rings is 3. The van der Waals surface area contributed by atoms with Gasteiger partial charge in [0.1, 0.15) is 4.32 Å². The van der Waals surface area contributed by atoms with Crippen LogP contribution in [0.15, 0.2) is 77.0 Å². The Morgan fingerprint density at radius 3 is 2.58 bits per heavy atom. The minimum Gasteiger partial charge on any atom is -0.478 e. The van der Waals surface area contributed by atoms with Crippen LogP contribution in [0.3, 0.4) is 0 Å². The molecule has 5 rings (SSSR count). The van der Waals surface area contributed by atoms with Crippen LogP contribution in [0.1, 0.15) is 27.2 Å². The molecule has 0 spiro atoms. The van der Waals surface area contributed by atoms with Gasteiger partial charge in [-0.15, -0.1) is 11.3 Å². The SMILES string of the molecule is Cc1cc(C(=O)O)ccc1NC(=O)CCN1C(=O)/C(=C/c2cc(-c3ccc4ccccc4c3)cs2)SC1=S. The first-order valence-corrected chi connectivity index (χ1v) is 13.9. The maximum Gasteiger partial charge on any atom is 0.335 e. The summed E-state index contributed by atoms with van der Waals surface area (Å²) in [6, 6.07) is 21.2. The summed E-state index contributed by atoms with van der Waals surface area (Å²) in [5.41, 5.74) is 3.54. The van der Waals surface area contributed by atoms with Crippen LogP contribution in [0, 0.1) is 6.92 Å². The summed E-state index contributed by atoms with van der Waals surface area (Å²) in [6.45, 7) is 1.89. The third kappa shape index (κ3) is 5.55.